The first kappa shape index (κ1) is 14.8. The van der Waals surface area contributed by atoms with Crippen LogP contribution < -0.4 is 5.32 Å². The average Bonchev–Trinajstić information content (AvgIpc) is 2.50. The Kier molecular flexibility index (Phi) is 5.57. The smallest absolute Gasteiger partial charge is 0.228 e. The maximum atomic E-state index is 11.9. The molecule has 106 valence electrons. The fourth-order valence-electron chi connectivity index (χ4n) is 1.84. The molecule has 0 heterocycles. The maximum Gasteiger partial charge on any atom is 0.228 e. The number of aliphatic hydroxyl groups is 1. The van der Waals surface area contributed by atoms with Gasteiger partial charge in [0.25, 0.3) is 0 Å². The van der Waals surface area contributed by atoms with Gasteiger partial charge in [-0.1, -0.05) is 42.2 Å². The Morgan fingerprint density at radius 3 is 2.43 bits per heavy atom. The van der Waals surface area contributed by atoms with Crippen LogP contribution in [0, 0.1) is 11.8 Å². The normalized spacial score (nSPS) is 9.57. The number of rotatable bonds is 4. The van der Waals surface area contributed by atoms with Crippen LogP contribution in [0.1, 0.15) is 17.5 Å². The van der Waals surface area contributed by atoms with E-state index < -0.39 is 0 Å². The van der Waals surface area contributed by atoms with Gasteiger partial charge in [0.1, 0.15) is 0 Å². The van der Waals surface area contributed by atoms with Crippen molar-refractivity contribution in [3.63, 3.8) is 0 Å². The van der Waals surface area contributed by atoms with Crippen molar-refractivity contribution >= 4 is 11.6 Å². The molecule has 3 heteroatoms. The molecule has 2 N–H and O–H groups in total. The van der Waals surface area contributed by atoms with Gasteiger partial charge in [-0.2, -0.15) is 0 Å². The number of aliphatic hydroxyl groups excluding tert-OH is 1. The zero-order valence-electron chi connectivity index (χ0n) is 11.7. The Labute approximate surface area is 124 Å². The van der Waals surface area contributed by atoms with Crippen LogP contribution in [-0.4, -0.2) is 17.6 Å². The molecule has 0 unspecified atom stereocenters. The summed E-state index contributed by atoms with van der Waals surface area (Å²) < 4.78 is 0. The average molecular weight is 279 g/mol. The van der Waals surface area contributed by atoms with Gasteiger partial charge < -0.3 is 10.4 Å². The van der Waals surface area contributed by atoms with Crippen molar-refractivity contribution in [2.24, 2.45) is 0 Å². The number of benzene rings is 2. The highest BCUT2D eigenvalue weighted by molar-refractivity contribution is 5.92. The van der Waals surface area contributed by atoms with Crippen molar-refractivity contribution in [1.29, 1.82) is 0 Å². The van der Waals surface area contributed by atoms with Gasteiger partial charge in [-0.05, 0) is 29.8 Å². The molecule has 21 heavy (non-hydrogen) atoms. The van der Waals surface area contributed by atoms with Gasteiger partial charge in [-0.3, -0.25) is 4.79 Å². The maximum absolute atomic E-state index is 11.9. The Balaban J connectivity index is 1.91. The van der Waals surface area contributed by atoms with E-state index in [0.717, 1.165) is 16.8 Å². The lowest BCUT2D eigenvalue weighted by Crippen LogP contribution is -2.14. The number of carbonyl (C=O) groups is 1. The Morgan fingerprint density at radius 1 is 1.05 bits per heavy atom. The van der Waals surface area contributed by atoms with Gasteiger partial charge in [-0.15, -0.1) is 0 Å². The number of amides is 1. The summed E-state index contributed by atoms with van der Waals surface area (Å²) >= 11 is 0. The second kappa shape index (κ2) is 7.88. The van der Waals surface area contributed by atoms with Gasteiger partial charge >= 0.3 is 0 Å². The van der Waals surface area contributed by atoms with E-state index in [1.807, 2.05) is 54.6 Å². The number of carbonyl (C=O) groups excluding carboxylic acids is 1. The lowest BCUT2D eigenvalue weighted by Gasteiger charge is -2.05. The van der Waals surface area contributed by atoms with Crippen molar-refractivity contribution in [2.45, 2.75) is 12.8 Å². The summed E-state index contributed by atoms with van der Waals surface area (Å²) in [7, 11) is 0. The lowest BCUT2D eigenvalue weighted by atomic mass is 10.1. The number of hydrogen-bond acceptors (Lipinski definition) is 2. The molecular weight excluding hydrogens is 262 g/mol. The highest BCUT2D eigenvalue weighted by atomic mass is 16.2. The van der Waals surface area contributed by atoms with Crippen molar-refractivity contribution in [3.05, 3.63) is 65.7 Å². The summed E-state index contributed by atoms with van der Waals surface area (Å²) in [4.78, 5) is 11.9. The van der Waals surface area contributed by atoms with E-state index in [2.05, 4.69) is 17.2 Å². The number of hydrogen-bond donors (Lipinski definition) is 2. The summed E-state index contributed by atoms with van der Waals surface area (Å²) in [5, 5.41) is 11.5. The molecule has 0 atom stereocenters. The summed E-state index contributed by atoms with van der Waals surface area (Å²) in [5.41, 5.74) is 2.61. The van der Waals surface area contributed by atoms with Crippen LogP contribution >= 0.6 is 0 Å². The third kappa shape index (κ3) is 5.13. The molecule has 0 aromatic heterocycles. The molecular formula is C18H17NO2. The van der Waals surface area contributed by atoms with Crippen molar-refractivity contribution in [2.75, 3.05) is 11.9 Å². The molecule has 0 fully saturated rings. The molecule has 0 saturated carbocycles. The van der Waals surface area contributed by atoms with Gasteiger partial charge in [-0.25, -0.2) is 0 Å². The first-order valence-electron chi connectivity index (χ1n) is 6.81. The van der Waals surface area contributed by atoms with Crippen LogP contribution in [0.4, 0.5) is 5.69 Å². The Hall–Kier alpha value is -2.57. The van der Waals surface area contributed by atoms with E-state index in [1.165, 1.54) is 0 Å². The van der Waals surface area contributed by atoms with Crippen molar-refractivity contribution in [1.82, 2.24) is 0 Å². The quantitative estimate of drug-likeness (QED) is 0.845. The monoisotopic (exact) mass is 279 g/mol. The topological polar surface area (TPSA) is 49.3 Å². The molecule has 0 aliphatic heterocycles. The van der Waals surface area contributed by atoms with E-state index in [4.69, 9.17) is 5.11 Å². The Bertz CT molecular complexity index is 636. The van der Waals surface area contributed by atoms with Gasteiger partial charge in [0.2, 0.25) is 5.91 Å². The minimum atomic E-state index is -0.0414. The number of anilines is 1. The van der Waals surface area contributed by atoms with E-state index >= 15 is 0 Å². The van der Waals surface area contributed by atoms with Crippen LogP contribution in [0.3, 0.4) is 0 Å². The van der Waals surface area contributed by atoms with Crippen LogP contribution in [0.15, 0.2) is 54.6 Å². The third-order valence-electron chi connectivity index (χ3n) is 2.85. The van der Waals surface area contributed by atoms with Crippen molar-refractivity contribution < 1.29 is 9.90 Å². The van der Waals surface area contributed by atoms with E-state index in [9.17, 15) is 4.79 Å². The zero-order chi connectivity index (χ0) is 14.9. The number of nitrogens with one attached hydrogen (secondary N) is 1. The molecule has 3 nitrogen and oxygen atoms in total. The SMILES string of the molecule is O=C(Cc1ccccc1)Nc1ccc(C#CCCO)cc1. The molecule has 2 aromatic carbocycles. The Morgan fingerprint density at radius 2 is 1.76 bits per heavy atom. The molecule has 0 aliphatic rings. The second-order valence-electron chi connectivity index (χ2n) is 4.56. The fourth-order valence-corrected chi connectivity index (χ4v) is 1.84. The first-order valence-corrected chi connectivity index (χ1v) is 6.81. The predicted molar refractivity (Wildman–Crippen MR) is 83.8 cm³/mol. The molecule has 0 radical (unpaired) electrons. The van der Waals surface area contributed by atoms with Crippen LogP contribution in [0.5, 0.6) is 0 Å². The summed E-state index contributed by atoms with van der Waals surface area (Å²) in [6, 6.07) is 17.0. The second-order valence-corrected chi connectivity index (χ2v) is 4.56. The molecule has 0 bridgehead atoms. The summed E-state index contributed by atoms with van der Waals surface area (Å²) in [6.07, 6.45) is 0.828. The largest absolute Gasteiger partial charge is 0.395 e. The molecule has 1 amide bonds. The molecule has 2 aromatic rings. The highest BCUT2D eigenvalue weighted by Crippen LogP contribution is 2.10. The lowest BCUT2D eigenvalue weighted by molar-refractivity contribution is -0.115. The van der Waals surface area contributed by atoms with Gasteiger partial charge in [0.15, 0.2) is 0 Å². The first-order chi connectivity index (χ1) is 10.3. The van der Waals surface area contributed by atoms with E-state index in [0.29, 0.717) is 12.8 Å². The fraction of sp³-hybridized carbons (Fsp3) is 0.167. The van der Waals surface area contributed by atoms with Gasteiger partial charge in [0.05, 0.1) is 13.0 Å². The van der Waals surface area contributed by atoms with Crippen LogP contribution in [0.25, 0.3) is 0 Å². The third-order valence-corrected chi connectivity index (χ3v) is 2.85. The molecule has 2 rings (SSSR count). The highest BCUT2D eigenvalue weighted by Gasteiger charge is 2.03. The molecule has 0 saturated heterocycles. The van der Waals surface area contributed by atoms with Gasteiger partial charge in [0, 0.05) is 17.7 Å². The molecule has 0 aliphatic carbocycles. The summed E-state index contributed by atoms with van der Waals surface area (Å²) in [6.45, 7) is 0.0701. The molecule has 0 spiro atoms. The minimum absolute atomic E-state index is 0.0414. The van der Waals surface area contributed by atoms with E-state index in [-0.39, 0.29) is 12.5 Å². The van der Waals surface area contributed by atoms with Crippen LogP contribution in [0.2, 0.25) is 0 Å². The zero-order valence-corrected chi connectivity index (χ0v) is 11.7. The minimum Gasteiger partial charge on any atom is -0.395 e. The predicted octanol–water partition coefficient (Wildman–Crippen LogP) is 2.60. The van der Waals surface area contributed by atoms with E-state index in [1.54, 1.807) is 0 Å². The van der Waals surface area contributed by atoms with Crippen LogP contribution in [-0.2, 0) is 11.2 Å². The standard InChI is InChI=1S/C18H17NO2/c20-13-5-4-6-15-9-11-17(12-10-15)19-18(21)14-16-7-2-1-3-8-16/h1-3,7-12,20H,5,13-14H2,(H,19,21). The van der Waals surface area contributed by atoms with Crippen molar-refractivity contribution in [3.8, 4) is 11.8 Å². The summed E-state index contributed by atoms with van der Waals surface area (Å²) in [5.74, 6) is 5.76.